The van der Waals surface area contributed by atoms with Crippen molar-refractivity contribution in [2.24, 2.45) is 0 Å². The van der Waals surface area contributed by atoms with E-state index < -0.39 is 5.97 Å². The Labute approximate surface area is 92.4 Å². The third kappa shape index (κ3) is 1.63. The summed E-state index contributed by atoms with van der Waals surface area (Å²) in [6, 6.07) is 6.92. The van der Waals surface area contributed by atoms with E-state index >= 15 is 0 Å². The van der Waals surface area contributed by atoms with Crippen molar-refractivity contribution in [3.8, 4) is 5.69 Å². The monoisotopic (exact) mass is 217 g/mol. The highest BCUT2D eigenvalue weighted by molar-refractivity contribution is 5.96. The number of ether oxygens (including phenoxy) is 1. The maximum atomic E-state index is 11.4. The number of nitrogen functional groups attached to an aromatic ring is 1. The van der Waals surface area contributed by atoms with E-state index in [1.165, 1.54) is 7.11 Å². The number of anilines is 1. The molecule has 1 aromatic carbocycles. The number of aromatic nitrogens is 2. The van der Waals surface area contributed by atoms with Gasteiger partial charge in [0.15, 0.2) is 0 Å². The van der Waals surface area contributed by atoms with Crippen LogP contribution in [0, 0.1) is 0 Å². The Bertz CT molecular complexity index is 506. The number of carbonyl (C=O) groups is 1. The van der Waals surface area contributed by atoms with Gasteiger partial charge in [0.1, 0.15) is 0 Å². The van der Waals surface area contributed by atoms with Crippen LogP contribution in [0.4, 0.5) is 5.69 Å². The Morgan fingerprint density at radius 3 is 2.88 bits per heavy atom. The molecule has 0 radical (unpaired) electrons. The number of nitrogens with two attached hydrogens (primary N) is 1. The molecule has 1 aromatic heterocycles. The first kappa shape index (κ1) is 10.2. The summed E-state index contributed by atoms with van der Waals surface area (Å²) >= 11 is 0. The summed E-state index contributed by atoms with van der Waals surface area (Å²) in [4.78, 5) is 11.4. The molecule has 5 nitrogen and oxygen atoms in total. The van der Waals surface area contributed by atoms with E-state index in [1.54, 1.807) is 41.3 Å². The zero-order valence-corrected chi connectivity index (χ0v) is 8.75. The number of methoxy groups -OCH3 is 1. The van der Waals surface area contributed by atoms with Crippen molar-refractivity contribution in [1.82, 2.24) is 9.78 Å². The predicted octanol–water partition coefficient (Wildman–Crippen LogP) is 1.24. The van der Waals surface area contributed by atoms with Crippen LogP contribution in [0.25, 0.3) is 5.69 Å². The fourth-order valence-corrected chi connectivity index (χ4v) is 1.45. The Morgan fingerprint density at radius 1 is 1.44 bits per heavy atom. The highest BCUT2D eigenvalue weighted by atomic mass is 16.5. The van der Waals surface area contributed by atoms with Crippen molar-refractivity contribution in [1.29, 1.82) is 0 Å². The normalized spacial score (nSPS) is 10.1. The van der Waals surface area contributed by atoms with Gasteiger partial charge in [-0.25, -0.2) is 9.48 Å². The second-order valence-corrected chi connectivity index (χ2v) is 3.18. The zero-order chi connectivity index (χ0) is 11.5. The molecule has 0 saturated heterocycles. The average Bonchev–Trinajstić information content (AvgIpc) is 2.82. The fraction of sp³-hybridized carbons (Fsp3) is 0.0909. The molecule has 0 spiro atoms. The first-order chi connectivity index (χ1) is 7.74. The summed E-state index contributed by atoms with van der Waals surface area (Å²) < 4.78 is 6.24. The summed E-state index contributed by atoms with van der Waals surface area (Å²) in [5, 5.41) is 4.06. The molecular formula is C11H11N3O2. The lowest BCUT2D eigenvalue weighted by molar-refractivity contribution is 0.0602. The molecule has 0 atom stereocenters. The first-order valence-corrected chi connectivity index (χ1v) is 4.71. The molecule has 82 valence electrons. The van der Waals surface area contributed by atoms with E-state index in [0.29, 0.717) is 16.9 Å². The summed E-state index contributed by atoms with van der Waals surface area (Å²) in [6.07, 6.45) is 3.40. The molecule has 0 aliphatic heterocycles. The van der Waals surface area contributed by atoms with Crippen LogP contribution in [0.3, 0.4) is 0 Å². The van der Waals surface area contributed by atoms with Gasteiger partial charge < -0.3 is 10.5 Å². The van der Waals surface area contributed by atoms with Crippen LogP contribution < -0.4 is 5.73 Å². The van der Waals surface area contributed by atoms with Crippen LogP contribution in [-0.4, -0.2) is 22.9 Å². The Hall–Kier alpha value is -2.30. The van der Waals surface area contributed by atoms with Gasteiger partial charge in [0.25, 0.3) is 0 Å². The van der Waals surface area contributed by atoms with Gasteiger partial charge in [-0.05, 0) is 18.2 Å². The van der Waals surface area contributed by atoms with Gasteiger partial charge in [-0.3, -0.25) is 0 Å². The van der Waals surface area contributed by atoms with Crippen molar-refractivity contribution < 1.29 is 9.53 Å². The van der Waals surface area contributed by atoms with E-state index in [2.05, 4.69) is 9.84 Å². The zero-order valence-electron chi connectivity index (χ0n) is 8.75. The standard InChI is InChI=1S/C11H11N3O2/c1-16-11(15)8-4-2-5-9(10(8)12)14-7-3-6-13-14/h2-7H,12H2,1H3. The second-order valence-electron chi connectivity index (χ2n) is 3.18. The van der Waals surface area contributed by atoms with Crippen molar-refractivity contribution in [2.75, 3.05) is 12.8 Å². The highest BCUT2D eigenvalue weighted by Gasteiger charge is 2.13. The van der Waals surface area contributed by atoms with E-state index in [4.69, 9.17) is 5.73 Å². The molecule has 2 rings (SSSR count). The lowest BCUT2D eigenvalue weighted by Crippen LogP contribution is -2.09. The molecule has 0 unspecified atom stereocenters. The molecule has 0 aliphatic carbocycles. The van der Waals surface area contributed by atoms with Gasteiger partial charge in [-0.15, -0.1) is 0 Å². The maximum absolute atomic E-state index is 11.4. The number of para-hydroxylation sites is 1. The molecule has 0 bridgehead atoms. The van der Waals surface area contributed by atoms with Gasteiger partial charge >= 0.3 is 5.97 Å². The molecule has 2 N–H and O–H groups in total. The van der Waals surface area contributed by atoms with E-state index in [9.17, 15) is 4.79 Å². The van der Waals surface area contributed by atoms with E-state index in [1.807, 2.05) is 0 Å². The molecule has 0 fully saturated rings. The van der Waals surface area contributed by atoms with Crippen LogP contribution in [0.15, 0.2) is 36.7 Å². The van der Waals surface area contributed by atoms with Crippen LogP contribution in [-0.2, 0) is 4.74 Å². The fourth-order valence-electron chi connectivity index (χ4n) is 1.45. The largest absolute Gasteiger partial charge is 0.465 e. The quantitative estimate of drug-likeness (QED) is 0.607. The second kappa shape index (κ2) is 4.06. The number of carbonyl (C=O) groups excluding carboxylic acids is 1. The maximum Gasteiger partial charge on any atom is 0.340 e. The Morgan fingerprint density at radius 2 is 2.25 bits per heavy atom. The van der Waals surface area contributed by atoms with Gasteiger partial charge in [0.05, 0.1) is 24.0 Å². The third-order valence-corrected chi connectivity index (χ3v) is 2.24. The first-order valence-electron chi connectivity index (χ1n) is 4.71. The number of hydrogen-bond acceptors (Lipinski definition) is 4. The minimum absolute atomic E-state index is 0.343. The average molecular weight is 217 g/mol. The molecule has 16 heavy (non-hydrogen) atoms. The van der Waals surface area contributed by atoms with Gasteiger partial charge in [0, 0.05) is 12.4 Å². The minimum atomic E-state index is -0.452. The number of hydrogen-bond donors (Lipinski definition) is 1. The molecule has 0 aliphatic rings. The molecule has 1 heterocycles. The smallest absolute Gasteiger partial charge is 0.340 e. The number of rotatable bonds is 2. The molecule has 5 heteroatoms. The van der Waals surface area contributed by atoms with Crippen molar-refractivity contribution in [2.45, 2.75) is 0 Å². The Kier molecular flexibility index (Phi) is 2.59. The number of esters is 1. The van der Waals surface area contributed by atoms with Crippen molar-refractivity contribution in [3.05, 3.63) is 42.2 Å². The third-order valence-electron chi connectivity index (χ3n) is 2.24. The van der Waals surface area contributed by atoms with E-state index in [-0.39, 0.29) is 0 Å². The minimum Gasteiger partial charge on any atom is -0.465 e. The van der Waals surface area contributed by atoms with Crippen LogP contribution in [0.2, 0.25) is 0 Å². The summed E-state index contributed by atoms with van der Waals surface area (Å²) in [7, 11) is 1.32. The van der Waals surface area contributed by atoms with Gasteiger partial charge in [-0.1, -0.05) is 6.07 Å². The summed E-state index contributed by atoms with van der Waals surface area (Å²) in [6.45, 7) is 0. The number of nitrogens with zero attached hydrogens (tertiary/aromatic N) is 2. The molecule has 0 saturated carbocycles. The highest BCUT2D eigenvalue weighted by Crippen LogP contribution is 2.21. The molecule has 0 amide bonds. The summed E-state index contributed by atoms with van der Waals surface area (Å²) in [5.41, 5.74) is 7.25. The molecule has 2 aromatic rings. The predicted molar refractivity (Wildman–Crippen MR) is 59.3 cm³/mol. The lowest BCUT2D eigenvalue weighted by atomic mass is 10.1. The summed E-state index contributed by atoms with van der Waals surface area (Å²) in [5.74, 6) is -0.452. The van der Waals surface area contributed by atoms with Crippen LogP contribution >= 0.6 is 0 Å². The lowest BCUT2D eigenvalue weighted by Gasteiger charge is -2.09. The SMILES string of the molecule is COC(=O)c1cccc(-n2cccn2)c1N. The topological polar surface area (TPSA) is 70.1 Å². The van der Waals surface area contributed by atoms with Crippen LogP contribution in [0.5, 0.6) is 0 Å². The van der Waals surface area contributed by atoms with Gasteiger partial charge in [-0.2, -0.15) is 5.10 Å². The number of benzene rings is 1. The Balaban J connectivity index is 2.53. The van der Waals surface area contributed by atoms with E-state index in [0.717, 1.165) is 0 Å². The molecular weight excluding hydrogens is 206 g/mol. The van der Waals surface area contributed by atoms with Crippen molar-refractivity contribution >= 4 is 11.7 Å². The van der Waals surface area contributed by atoms with Crippen LogP contribution in [0.1, 0.15) is 10.4 Å². The van der Waals surface area contributed by atoms with Gasteiger partial charge in [0.2, 0.25) is 0 Å². The van der Waals surface area contributed by atoms with Crippen molar-refractivity contribution in [3.63, 3.8) is 0 Å².